The van der Waals surface area contributed by atoms with Crippen LogP contribution in [0.15, 0.2) is 78.9 Å². The van der Waals surface area contributed by atoms with Gasteiger partial charge in [-0.2, -0.15) is 0 Å². The largest absolute Gasteiger partial charge is 0.497 e. The molecule has 8 heteroatoms. The molecule has 1 aliphatic heterocycles. The molecule has 1 aliphatic carbocycles. The average Bonchev–Trinajstić information content (AvgIpc) is 3.68. The van der Waals surface area contributed by atoms with Crippen molar-refractivity contribution < 1.29 is 27.8 Å². The predicted octanol–water partition coefficient (Wildman–Crippen LogP) is 5.53. The van der Waals surface area contributed by atoms with Crippen molar-refractivity contribution in [2.24, 2.45) is 0 Å². The molecule has 6 nitrogen and oxygen atoms in total. The third-order valence-corrected chi connectivity index (χ3v) is 8.17. The zero-order valence-corrected chi connectivity index (χ0v) is 22.6. The normalized spacial score (nSPS) is 19.0. The van der Waals surface area contributed by atoms with Crippen LogP contribution in [-0.4, -0.2) is 31.5 Å². The fourth-order valence-electron chi connectivity index (χ4n) is 5.75. The number of ether oxygens (including phenoxy) is 2. The summed E-state index contributed by atoms with van der Waals surface area (Å²) in [6.07, 6.45) is 1.79. The molecule has 6 rings (SSSR count). The second kappa shape index (κ2) is 10.8. The first kappa shape index (κ1) is 26.7. The summed E-state index contributed by atoms with van der Waals surface area (Å²) in [5.74, 6) is -2.56. The van der Waals surface area contributed by atoms with Crippen molar-refractivity contribution in [3.05, 3.63) is 107 Å². The summed E-state index contributed by atoms with van der Waals surface area (Å²) in [6.45, 7) is 0.435. The summed E-state index contributed by atoms with van der Waals surface area (Å²) in [5, 5.41) is 7.71. The number of hydrogen-bond donors (Lipinski definition) is 2. The molecule has 2 N–H and O–H groups in total. The molecule has 0 unspecified atom stereocenters. The molecule has 2 amide bonds. The quantitative estimate of drug-likeness (QED) is 0.285. The monoisotopic (exact) mass is 556 g/mol. The topological polar surface area (TPSA) is 76.7 Å². The number of hydrogen-bond acceptors (Lipinski definition) is 4. The van der Waals surface area contributed by atoms with Gasteiger partial charge in [0.05, 0.1) is 7.11 Å². The van der Waals surface area contributed by atoms with Crippen LogP contribution in [0.2, 0.25) is 0 Å². The Morgan fingerprint density at radius 1 is 0.951 bits per heavy atom. The lowest BCUT2D eigenvalue weighted by atomic mass is 9.90. The molecule has 1 saturated carbocycles. The van der Waals surface area contributed by atoms with E-state index in [1.807, 2.05) is 36.4 Å². The molecule has 41 heavy (non-hydrogen) atoms. The lowest BCUT2D eigenvalue weighted by Gasteiger charge is -2.22. The van der Waals surface area contributed by atoms with E-state index in [4.69, 9.17) is 9.47 Å². The van der Waals surface area contributed by atoms with Crippen LogP contribution in [0.1, 0.15) is 41.9 Å². The van der Waals surface area contributed by atoms with Crippen molar-refractivity contribution >= 4 is 22.6 Å². The Balaban J connectivity index is 1.13. The van der Waals surface area contributed by atoms with Crippen LogP contribution in [0.25, 0.3) is 10.8 Å². The predicted molar refractivity (Wildman–Crippen MR) is 151 cm³/mol. The summed E-state index contributed by atoms with van der Waals surface area (Å²) in [7, 11) is 1.32. The first-order chi connectivity index (χ1) is 19.8. The number of nitrogens with one attached hydrogen (secondary N) is 2. The van der Waals surface area contributed by atoms with Gasteiger partial charge >= 0.3 is 0 Å². The minimum Gasteiger partial charge on any atom is -0.497 e. The molecule has 4 aromatic rings. The van der Waals surface area contributed by atoms with Crippen LogP contribution < -0.4 is 20.1 Å². The standard InChI is InChI=1S/C33H30F2N2O4/c1-40-25-15-27(34)30(28(35)16-25)26-18-36-32(39)31(26)37-29(38)17-33(11-12-33)23-7-4-8-24(14-23)41-19-20-9-10-21-5-2-3-6-22(21)13-20/h2-10,13-16,26,31H,11-12,17-19H2,1H3,(H,36,39)(H,37,38)/t26-,31-/m0/s1. The maximum atomic E-state index is 14.8. The summed E-state index contributed by atoms with van der Waals surface area (Å²) in [4.78, 5) is 25.8. The Hall–Kier alpha value is -4.46. The summed E-state index contributed by atoms with van der Waals surface area (Å²) in [6, 6.07) is 23.2. The van der Waals surface area contributed by atoms with Gasteiger partial charge in [-0.1, -0.05) is 48.5 Å². The molecule has 0 bridgehead atoms. The van der Waals surface area contributed by atoms with E-state index in [1.54, 1.807) is 0 Å². The summed E-state index contributed by atoms with van der Waals surface area (Å²) < 4.78 is 40.6. The first-order valence-electron chi connectivity index (χ1n) is 13.7. The molecule has 2 fully saturated rings. The number of halogens is 2. The van der Waals surface area contributed by atoms with Gasteiger partial charge in [0.2, 0.25) is 11.8 Å². The van der Waals surface area contributed by atoms with Crippen molar-refractivity contribution in [2.45, 2.75) is 43.2 Å². The third-order valence-electron chi connectivity index (χ3n) is 8.17. The Morgan fingerprint density at radius 3 is 2.44 bits per heavy atom. The second-order valence-corrected chi connectivity index (χ2v) is 10.9. The van der Waals surface area contributed by atoms with E-state index >= 15 is 0 Å². The van der Waals surface area contributed by atoms with Crippen LogP contribution in [0.5, 0.6) is 11.5 Å². The van der Waals surface area contributed by atoms with Crippen LogP contribution in [0, 0.1) is 11.6 Å². The van der Waals surface area contributed by atoms with Crippen molar-refractivity contribution in [1.82, 2.24) is 10.6 Å². The van der Waals surface area contributed by atoms with Gasteiger partial charge in [-0.15, -0.1) is 0 Å². The Labute approximate surface area is 236 Å². The highest BCUT2D eigenvalue weighted by Gasteiger charge is 2.47. The number of methoxy groups -OCH3 is 1. The molecular weight excluding hydrogens is 526 g/mol. The minimum absolute atomic E-state index is 0.0195. The van der Waals surface area contributed by atoms with Crippen molar-refractivity contribution in [3.63, 3.8) is 0 Å². The highest BCUT2D eigenvalue weighted by Crippen LogP contribution is 2.51. The number of benzene rings is 4. The zero-order valence-electron chi connectivity index (χ0n) is 22.6. The van der Waals surface area contributed by atoms with Crippen LogP contribution in [-0.2, 0) is 21.6 Å². The second-order valence-electron chi connectivity index (χ2n) is 10.9. The minimum atomic E-state index is -1.08. The molecule has 1 heterocycles. The zero-order chi connectivity index (χ0) is 28.6. The van der Waals surface area contributed by atoms with E-state index in [-0.39, 0.29) is 35.6 Å². The first-order valence-corrected chi connectivity index (χ1v) is 13.7. The Morgan fingerprint density at radius 2 is 1.71 bits per heavy atom. The highest BCUT2D eigenvalue weighted by molar-refractivity contribution is 5.91. The fourth-order valence-corrected chi connectivity index (χ4v) is 5.75. The lowest BCUT2D eigenvalue weighted by molar-refractivity contribution is -0.127. The number of carbonyl (C=O) groups excluding carboxylic acids is 2. The molecule has 210 valence electrons. The van der Waals surface area contributed by atoms with Crippen molar-refractivity contribution in [1.29, 1.82) is 0 Å². The molecule has 1 saturated heterocycles. The Kier molecular flexibility index (Phi) is 7.07. The average molecular weight is 557 g/mol. The fraction of sp³-hybridized carbons (Fsp3) is 0.273. The van der Waals surface area contributed by atoms with Crippen molar-refractivity contribution in [3.8, 4) is 11.5 Å². The van der Waals surface area contributed by atoms with Gasteiger partial charge < -0.3 is 20.1 Å². The van der Waals surface area contributed by atoms with Crippen LogP contribution >= 0.6 is 0 Å². The lowest BCUT2D eigenvalue weighted by Crippen LogP contribution is -2.44. The van der Waals surface area contributed by atoms with E-state index in [9.17, 15) is 18.4 Å². The molecule has 2 atom stereocenters. The summed E-state index contributed by atoms with van der Waals surface area (Å²) in [5.41, 5.74) is 1.44. The van der Waals surface area contributed by atoms with Gasteiger partial charge in [-0.05, 0) is 52.9 Å². The van der Waals surface area contributed by atoms with E-state index in [1.165, 1.54) is 12.5 Å². The number of fused-ring (bicyclic) bond motifs is 1. The van der Waals surface area contributed by atoms with Gasteiger partial charge in [-0.3, -0.25) is 9.59 Å². The third kappa shape index (κ3) is 5.46. The maximum absolute atomic E-state index is 14.8. The van der Waals surface area contributed by atoms with Gasteiger partial charge in [0.15, 0.2) is 0 Å². The molecule has 2 aliphatic rings. The van der Waals surface area contributed by atoms with Gasteiger partial charge in [0.25, 0.3) is 0 Å². The van der Waals surface area contributed by atoms with Crippen molar-refractivity contribution in [2.75, 3.05) is 13.7 Å². The van der Waals surface area contributed by atoms with E-state index < -0.39 is 29.5 Å². The number of rotatable bonds is 9. The van der Waals surface area contributed by atoms with Gasteiger partial charge in [0, 0.05) is 42.0 Å². The highest BCUT2D eigenvalue weighted by atomic mass is 19.1. The van der Waals surface area contributed by atoms with Crippen LogP contribution in [0.4, 0.5) is 8.78 Å². The number of carbonyl (C=O) groups is 2. The van der Waals surface area contributed by atoms with Gasteiger partial charge in [0.1, 0.15) is 35.8 Å². The molecule has 4 aromatic carbocycles. The van der Waals surface area contributed by atoms with Gasteiger partial charge in [-0.25, -0.2) is 8.78 Å². The molecule has 0 radical (unpaired) electrons. The molecule has 0 aromatic heterocycles. The molecular formula is C33H30F2N2O4. The van der Waals surface area contributed by atoms with Crippen LogP contribution in [0.3, 0.4) is 0 Å². The van der Waals surface area contributed by atoms with E-state index in [0.717, 1.165) is 41.5 Å². The van der Waals surface area contributed by atoms with E-state index in [2.05, 4.69) is 41.0 Å². The maximum Gasteiger partial charge on any atom is 0.243 e. The van der Waals surface area contributed by atoms with E-state index in [0.29, 0.717) is 12.4 Å². The SMILES string of the molecule is COc1cc(F)c([C@@H]2CNC(=O)[C@H]2NC(=O)CC2(c3cccc(OCc4ccc5ccccc5c4)c3)CC2)c(F)c1. The molecule has 0 spiro atoms. The Bertz CT molecular complexity index is 1610. The summed E-state index contributed by atoms with van der Waals surface area (Å²) >= 11 is 0. The number of amides is 2. The smallest absolute Gasteiger partial charge is 0.243 e.